The molecule has 25 heavy (non-hydrogen) atoms. The fourth-order valence-corrected chi connectivity index (χ4v) is 4.10. The highest BCUT2D eigenvalue weighted by Crippen LogP contribution is 2.32. The second-order valence-electron chi connectivity index (χ2n) is 7.89. The number of likely N-dealkylation sites (N-methyl/N-ethyl adjacent to an activating group) is 1. The van der Waals surface area contributed by atoms with E-state index < -0.39 is 0 Å². The fraction of sp³-hybridized carbons (Fsp3) is 0.789. The molecule has 0 aromatic heterocycles. The van der Waals surface area contributed by atoms with Crippen LogP contribution in [0.2, 0.25) is 0 Å². The molecule has 3 aliphatic rings. The summed E-state index contributed by atoms with van der Waals surface area (Å²) in [6, 6.07) is 0.440. The van der Waals surface area contributed by atoms with E-state index >= 15 is 0 Å². The first-order valence-corrected chi connectivity index (χ1v) is 9.64. The van der Waals surface area contributed by atoms with Gasteiger partial charge in [-0.2, -0.15) is 0 Å². The predicted octanol–water partition coefficient (Wildman–Crippen LogP) is 0.840. The number of rotatable bonds is 6. The van der Waals surface area contributed by atoms with Crippen molar-refractivity contribution in [2.45, 2.75) is 50.1 Å². The van der Waals surface area contributed by atoms with Crippen molar-refractivity contribution in [1.29, 1.82) is 0 Å². The molecule has 2 amide bonds. The van der Waals surface area contributed by atoms with Gasteiger partial charge in [0.25, 0.3) is 0 Å². The molecule has 6 nitrogen and oxygen atoms in total. The third kappa shape index (κ3) is 4.61. The van der Waals surface area contributed by atoms with Crippen LogP contribution < -0.4 is 5.32 Å². The van der Waals surface area contributed by atoms with Crippen LogP contribution in [0, 0.1) is 0 Å². The van der Waals surface area contributed by atoms with Crippen molar-refractivity contribution in [3.63, 3.8) is 0 Å². The fourth-order valence-electron chi connectivity index (χ4n) is 4.10. The molecule has 3 rings (SSSR count). The van der Waals surface area contributed by atoms with E-state index in [0.29, 0.717) is 25.4 Å². The van der Waals surface area contributed by atoms with Crippen LogP contribution in [0.1, 0.15) is 38.5 Å². The lowest BCUT2D eigenvalue weighted by Gasteiger charge is -2.49. The Morgan fingerprint density at radius 2 is 2.12 bits per heavy atom. The normalized spacial score (nSPS) is 28.8. The first-order chi connectivity index (χ1) is 12.0. The van der Waals surface area contributed by atoms with Gasteiger partial charge in [0.2, 0.25) is 11.8 Å². The Labute approximate surface area is 151 Å². The lowest BCUT2D eigenvalue weighted by atomic mass is 9.86. The van der Waals surface area contributed by atoms with Gasteiger partial charge in [-0.25, -0.2) is 0 Å². The summed E-state index contributed by atoms with van der Waals surface area (Å²) in [7, 11) is 2.19. The monoisotopic (exact) mass is 348 g/mol. The van der Waals surface area contributed by atoms with Crippen molar-refractivity contribution < 1.29 is 9.59 Å². The second-order valence-corrected chi connectivity index (χ2v) is 7.89. The van der Waals surface area contributed by atoms with Crippen molar-refractivity contribution in [2.24, 2.45) is 0 Å². The van der Waals surface area contributed by atoms with E-state index in [9.17, 15) is 9.59 Å². The molecule has 1 unspecified atom stereocenters. The van der Waals surface area contributed by atoms with E-state index in [0.717, 1.165) is 58.4 Å². The van der Waals surface area contributed by atoms with Gasteiger partial charge in [0.05, 0.1) is 0 Å². The maximum Gasteiger partial charge on any atom is 0.222 e. The Hall–Kier alpha value is -1.40. The largest absolute Gasteiger partial charge is 0.353 e. The summed E-state index contributed by atoms with van der Waals surface area (Å²) in [5.41, 5.74) is 0.0524. The number of amides is 2. The molecule has 0 aromatic rings. The molecule has 1 aliphatic carbocycles. The topological polar surface area (TPSA) is 55.9 Å². The standard InChI is InChI=1S/C19H32N4O2/c1-3-10-23-12-9-19(8-6-18(23)25)15-22(14-13-21(19)2)11-7-17(24)20-16-4-5-16/h3,16H,1,4-15H2,2H3,(H,20,24). The Morgan fingerprint density at radius 3 is 2.84 bits per heavy atom. The molecule has 1 atom stereocenters. The summed E-state index contributed by atoms with van der Waals surface area (Å²) in [4.78, 5) is 31.1. The van der Waals surface area contributed by atoms with Gasteiger partial charge in [-0.05, 0) is 32.7 Å². The molecule has 0 radical (unpaired) electrons. The number of piperazine rings is 1. The summed E-state index contributed by atoms with van der Waals surface area (Å²) in [5.74, 6) is 0.426. The van der Waals surface area contributed by atoms with Crippen LogP contribution in [0.25, 0.3) is 0 Å². The lowest BCUT2D eigenvalue weighted by Crippen LogP contribution is -2.61. The van der Waals surface area contributed by atoms with Crippen molar-refractivity contribution in [2.75, 3.05) is 46.3 Å². The Morgan fingerprint density at radius 1 is 1.32 bits per heavy atom. The second kappa shape index (κ2) is 7.87. The Bertz CT molecular complexity index is 520. The van der Waals surface area contributed by atoms with Gasteiger partial charge in [0.1, 0.15) is 0 Å². The maximum atomic E-state index is 12.3. The van der Waals surface area contributed by atoms with E-state index in [2.05, 4.69) is 28.7 Å². The maximum absolute atomic E-state index is 12.3. The molecule has 6 heteroatoms. The smallest absolute Gasteiger partial charge is 0.222 e. The number of hydrogen-bond acceptors (Lipinski definition) is 4. The molecule has 0 aromatic carbocycles. The molecule has 2 heterocycles. The van der Waals surface area contributed by atoms with Crippen LogP contribution in [0.3, 0.4) is 0 Å². The summed E-state index contributed by atoms with van der Waals surface area (Å²) >= 11 is 0. The summed E-state index contributed by atoms with van der Waals surface area (Å²) in [6.45, 7) is 8.98. The number of nitrogens with zero attached hydrogens (tertiary/aromatic N) is 3. The number of likely N-dealkylation sites (tertiary alicyclic amines) is 1. The summed E-state index contributed by atoms with van der Waals surface area (Å²) < 4.78 is 0. The predicted molar refractivity (Wildman–Crippen MR) is 98.2 cm³/mol. The zero-order valence-corrected chi connectivity index (χ0v) is 15.5. The molecule has 1 spiro atoms. The van der Waals surface area contributed by atoms with Gasteiger partial charge in [0, 0.05) is 63.7 Å². The highest BCUT2D eigenvalue weighted by Gasteiger charge is 2.42. The summed E-state index contributed by atoms with van der Waals surface area (Å²) in [5, 5.41) is 3.07. The van der Waals surface area contributed by atoms with Gasteiger partial charge < -0.3 is 10.2 Å². The van der Waals surface area contributed by atoms with E-state index in [1.165, 1.54) is 0 Å². The van der Waals surface area contributed by atoms with E-state index in [-0.39, 0.29) is 17.4 Å². The lowest BCUT2D eigenvalue weighted by molar-refractivity contribution is -0.130. The highest BCUT2D eigenvalue weighted by molar-refractivity contribution is 5.77. The van der Waals surface area contributed by atoms with Gasteiger partial charge in [0.15, 0.2) is 0 Å². The molecule has 1 saturated carbocycles. The van der Waals surface area contributed by atoms with E-state index in [1.54, 1.807) is 0 Å². The number of carbonyl (C=O) groups is 2. The molecule has 3 fully saturated rings. The van der Waals surface area contributed by atoms with Gasteiger partial charge in [-0.3, -0.25) is 19.4 Å². The van der Waals surface area contributed by atoms with E-state index in [1.807, 2.05) is 11.0 Å². The van der Waals surface area contributed by atoms with Crippen LogP contribution >= 0.6 is 0 Å². The molecule has 2 aliphatic heterocycles. The van der Waals surface area contributed by atoms with Crippen LogP contribution in [0.5, 0.6) is 0 Å². The van der Waals surface area contributed by atoms with Gasteiger partial charge in [-0.1, -0.05) is 6.08 Å². The van der Waals surface area contributed by atoms with Gasteiger partial charge in [-0.15, -0.1) is 6.58 Å². The average molecular weight is 348 g/mol. The minimum atomic E-state index is 0.0524. The molecular weight excluding hydrogens is 316 g/mol. The molecule has 2 saturated heterocycles. The van der Waals surface area contributed by atoms with Crippen molar-refractivity contribution in [1.82, 2.24) is 20.0 Å². The molecular formula is C19H32N4O2. The Kier molecular flexibility index (Phi) is 5.79. The van der Waals surface area contributed by atoms with Crippen LogP contribution in [0.15, 0.2) is 12.7 Å². The van der Waals surface area contributed by atoms with Crippen LogP contribution in [0.4, 0.5) is 0 Å². The highest BCUT2D eigenvalue weighted by atomic mass is 16.2. The van der Waals surface area contributed by atoms with Crippen molar-refractivity contribution in [3.8, 4) is 0 Å². The average Bonchev–Trinajstić information content (AvgIpc) is 3.41. The SMILES string of the molecule is C=CCN1CCC2(CCC1=O)CN(CCC(=O)NC1CC1)CCN2C. The first kappa shape index (κ1) is 18.4. The number of carbonyl (C=O) groups excluding carboxylic acids is 2. The number of hydrogen-bond donors (Lipinski definition) is 1. The Balaban J connectivity index is 1.56. The molecule has 0 bridgehead atoms. The van der Waals surface area contributed by atoms with Crippen molar-refractivity contribution in [3.05, 3.63) is 12.7 Å². The van der Waals surface area contributed by atoms with Crippen molar-refractivity contribution >= 4 is 11.8 Å². The minimum absolute atomic E-state index is 0.0524. The van der Waals surface area contributed by atoms with Crippen LogP contribution in [-0.2, 0) is 9.59 Å². The van der Waals surface area contributed by atoms with E-state index in [4.69, 9.17) is 0 Å². The zero-order chi connectivity index (χ0) is 17.9. The zero-order valence-electron chi connectivity index (χ0n) is 15.5. The first-order valence-electron chi connectivity index (χ1n) is 9.64. The summed E-state index contributed by atoms with van der Waals surface area (Å²) in [6.07, 6.45) is 7.17. The molecule has 140 valence electrons. The number of nitrogens with one attached hydrogen (secondary N) is 1. The quantitative estimate of drug-likeness (QED) is 0.723. The van der Waals surface area contributed by atoms with Crippen LogP contribution in [-0.4, -0.2) is 84.4 Å². The third-order valence-electron chi connectivity index (χ3n) is 6.03. The molecule has 1 N–H and O–H groups in total. The third-order valence-corrected chi connectivity index (χ3v) is 6.03. The minimum Gasteiger partial charge on any atom is -0.353 e. The van der Waals surface area contributed by atoms with Gasteiger partial charge >= 0.3 is 0 Å².